The summed E-state index contributed by atoms with van der Waals surface area (Å²) < 4.78 is 0.852. The molecule has 0 radical (unpaired) electrons. The lowest BCUT2D eigenvalue weighted by Gasteiger charge is -2.09. The molecule has 3 rings (SSSR count). The standard InChI is InChI=1S/C18H17BrN4OS/c1-2-20-17-12-7-3-5-9-14(12)22-18(23-17)25-11-16(24)21-15-10-6-4-8-13(15)19/h3-10H,2,11H2,1H3,(H,21,24)(H,20,22,23). The number of fused-ring (bicyclic) bond motifs is 1. The van der Waals surface area contributed by atoms with Crippen LogP contribution < -0.4 is 10.6 Å². The van der Waals surface area contributed by atoms with Crippen molar-refractivity contribution in [2.45, 2.75) is 12.1 Å². The normalized spacial score (nSPS) is 10.6. The van der Waals surface area contributed by atoms with Crippen LogP contribution in [-0.2, 0) is 4.79 Å². The van der Waals surface area contributed by atoms with Crippen LogP contribution in [0.1, 0.15) is 6.92 Å². The zero-order chi connectivity index (χ0) is 17.6. The number of rotatable bonds is 6. The van der Waals surface area contributed by atoms with Gasteiger partial charge in [-0.1, -0.05) is 36.0 Å². The van der Waals surface area contributed by atoms with Crippen molar-refractivity contribution < 1.29 is 4.79 Å². The summed E-state index contributed by atoms with van der Waals surface area (Å²) in [7, 11) is 0. The number of carbonyl (C=O) groups excluding carboxylic acids is 1. The fourth-order valence-electron chi connectivity index (χ4n) is 2.30. The molecule has 25 heavy (non-hydrogen) atoms. The zero-order valence-corrected chi connectivity index (χ0v) is 16.0. The Kier molecular flexibility index (Phi) is 5.88. The molecule has 5 nitrogen and oxygen atoms in total. The van der Waals surface area contributed by atoms with Crippen LogP contribution in [0.3, 0.4) is 0 Å². The molecular weight excluding hydrogens is 400 g/mol. The second-order valence-corrected chi connectivity index (χ2v) is 7.02. The van der Waals surface area contributed by atoms with Gasteiger partial charge < -0.3 is 10.6 Å². The van der Waals surface area contributed by atoms with E-state index in [-0.39, 0.29) is 11.7 Å². The fourth-order valence-corrected chi connectivity index (χ4v) is 3.34. The number of aromatic nitrogens is 2. The van der Waals surface area contributed by atoms with Crippen molar-refractivity contribution in [1.82, 2.24) is 9.97 Å². The number of hydrogen-bond donors (Lipinski definition) is 2. The second-order valence-electron chi connectivity index (χ2n) is 5.22. The molecule has 0 unspecified atom stereocenters. The maximum Gasteiger partial charge on any atom is 0.234 e. The van der Waals surface area contributed by atoms with E-state index in [9.17, 15) is 4.79 Å². The minimum Gasteiger partial charge on any atom is -0.370 e. The number of anilines is 2. The van der Waals surface area contributed by atoms with Crippen molar-refractivity contribution in [3.8, 4) is 0 Å². The van der Waals surface area contributed by atoms with E-state index < -0.39 is 0 Å². The number of carbonyl (C=O) groups is 1. The Bertz CT molecular complexity index is 903. The highest BCUT2D eigenvalue weighted by atomic mass is 79.9. The SMILES string of the molecule is CCNc1nc(SCC(=O)Nc2ccccc2Br)nc2ccccc12. The van der Waals surface area contributed by atoms with Crippen molar-refractivity contribution in [3.05, 3.63) is 53.0 Å². The molecule has 0 atom stereocenters. The van der Waals surface area contributed by atoms with Gasteiger partial charge >= 0.3 is 0 Å². The van der Waals surface area contributed by atoms with Crippen LogP contribution in [0.4, 0.5) is 11.5 Å². The summed E-state index contributed by atoms with van der Waals surface area (Å²) in [5.74, 6) is 0.936. The molecule has 0 spiro atoms. The van der Waals surface area contributed by atoms with Crippen molar-refractivity contribution in [2.24, 2.45) is 0 Å². The summed E-state index contributed by atoms with van der Waals surface area (Å²) in [4.78, 5) is 21.3. The molecule has 0 aliphatic rings. The van der Waals surface area contributed by atoms with E-state index in [1.165, 1.54) is 11.8 Å². The van der Waals surface area contributed by atoms with Gasteiger partial charge in [0, 0.05) is 16.4 Å². The lowest BCUT2D eigenvalue weighted by molar-refractivity contribution is -0.113. The summed E-state index contributed by atoms with van der Waals surface area (Å²) in [6.07, 6.45) is 0. The minimum atomic E-state index is -0.0985. The largest absolute Gasteiger partial charge is 0.370 e. The Labute approximate surface area is 158 Å². The van der Waals surface area contributed by atoms with Crippen LogP contribution in [0.5, 0.6) is 0 Å². The van der Waals surface area contributed by atoms with Crippen LogP contribution in [0.2, 0.25) is 0 Å². The van der Waals surface area contributed by atoms with Crippen molar-refractivity contribution in [2.75, 3.05) is 22.9 Å². The maximum atomic E-state index is 12.2. The molecule has 7 heteroatoms. The van der Waals surface area contributed by atoms with Gasteiger partial charge in [-0.05, 0) is 47.1 Å². The van der Waals surface area contributed by atoms with E-state index in [2.05, 4.69) is 36.5 Å². The molecule has 0 fully saturated rings. The molecule has 2 aromatic carbocycles. The Hall–Kier alpha value is -2.12. The van der Waals surface area contributed by atoms with Crippen molar-refractivity contribution >= 4 is 56.0 Å². The first-order chi connectivity index (χ1) is 12.2. The first-order valence-electron chi connectivity index (χ1n) is 7.85. The average Bonchev–Trinajstić information content (AvgIpc) is 2.62. The molecule has 0 aliphatic carbocycles. The summed E-state index contributed by atoms with van der Waals surface area (Å²) in [6, 6.07) is 15.4. The van der Waals surface area contributed by atoms with Gasteiger partial charge in [0.2, 0.25) is 5.91 Å². The third-order valence-corrected chi connectivity index (χ3v) is 4.95. The Morgan fingerprint density at radius 3 is 2.68 bits per heavy atom. The van der Waals surface area contributed by atoms with Gasteiger partial charge in [0.1, 0.15) is 5.82 Å². The molecular formula is C18H17BrN4OS. The van der Waals surface area contributed by atoms with E-state index in [1.807, 2.05) is 55.5 Å². The van der Waals surface area contributed by atoms with Gasteiger partial charge in [-0.2, -0.15) is 0 Å². The van der Waals surface area contributed by atoms with E-state index in [4.69, 9.17) is 0 Å². The quantitative estimate of drug-likeness (QED) is 0.455. The lowest BCUT2D eigenvalue weighted by atomic mass is 10.2. The third kappa shape index (κ3) is 4.49. The molecule has 1 aromatic heterocycles. The van der Waals surface area contributed by atoms with Crippen LogP contribution in [0.25, 0.3) is 10.9 Å². The highest BCUT2D eigenvalue weighted by Crippen LogP contribution is 2.25. The van der Waals surface area contributed by atoms with Gasteiger partial charge in [-0.3, -0.25) is 4.79 Å². The molecule has 128 valence electrons. The van der Waals surface area contributed by atoms with Gasteiger partial charge in [-0.25, -0.2) is 9.97 Å². The van der Waals surface area contributed by atoms with E-state index in [1.54, 1.807) is 0 Å². The average molecular weight is 417 g/mol. The Morgan fingerprint density at radius 2 is 1.88 bits per heavy atom. The van der Waals surface area contributed by atoms with Crippen molar-refractivity contribution in [1.29, 1.82) is 0 Å². The first-order valence-corrected chi connectivity index (χ1v) is 9.63. The molecule has 0 bridgehead atoms. The molecule has 1 heterocycles. The van der Waals surface area contributed by atoms with Crippen LogP contribution in [0.15, 0.2) is 58.2 Å². The zero-order valence-electron chi connectivity index (χ0n) is 13.6. The van der Waals surface area contributed by atoms with Crippen LogP contribution >= 0.6 is 27.7 Å². The van der Waals surface area contributed by atoms with Crippen molar-refractivity contribution in [3.63, 3.8) is 0 Å². The smallest absolute Gasteiger partial charge is 0.234 e. The topological polar surface area (TPSA) is 66.9 Å². The van der Waals surface area contributed by atoms with Crippen LogP contribution in [0, 0.1) is 0 Å². The number of benzene rings is 2. The van der Waals surface area contributed by atoms with E-state index >= 15 is 0 Å². The predicted molar refractivity (Wildman–Crippen MR) is 107 cm³/mol. The molecule has 1 amide bonds. The van der Waals surface area contributed by atoms with Gasteiger partial charge in [0.05, 0.1) is 17.0 Å². The molecule has 0 saturated heterocycles. The first kappa shape index (κ1) is 17.7. The second kappa shape index (κ2) is 8.31. The number of nitrogens with one attached hydrogen (secondary N) is 2. The van der Waals surface area contributed by atoms with E-state index in [0.717, 1.165) is 33.4 Å². The molecule has 3 aromatic rings. The minimum absolute atomic E-state index is 0.0985. The lowest BCUT2D eigenvalue weighted by Crippen LogP contribution is -2.14. The van der Waals surface area contributed by atoms with Gasteiger partial charge in [-0.15, -0.1) is 0 Å². The Morgan fingerprint density at radius 1 is 1.12 bits per heavy atom. The van der Waals surface area contributed by atoms with Gasteiger partial charge in [0.15, 0.2) is 5.16 Å². The number of para-hydroxylation sites is 2. The summed E-state index contributed by atoms with van der Waals surface area (Å²) in [5.41, 5.74) is 1.61. The van der Waals surface area contributed by atoms with Gasteiger partial charge in [0.25, 0.3) is 0 Å². The third-order valence-electron chi connectivity index (χ3n) is 3.41. The Balaban J connectivity index is 1.72. The predicted octanol–water partition coefficient (Wildman–Crippen LogP) is 4.55. The van der Waals surface area contributed by atoms with E-state index in [0.29, 0.717) is 5.16 Å². The number of amides is 1. The number of thioether (sulfide) groups is 1. The molecule has 0 saturated carbocycles. The number of nitrogens with zero attached hydrogens (tertiary/aromatic N) is 2. The van der Waals surface area contributed by atoms with Crippen LogP contribution in [-0.4, -0.2) is 28.2 Å². The number of hydrogen-bond acceptors (Lipinski definition) is 5. The summed E-state index contributed by atoms with van der Waals surface area (Å²) in [5, 5.41) is 7.69. The monoisotopic (exact) mass is 416 g/mol. The fraction of sp³-hybridized carbons (Fsp3) is 0.167. The summed E-state index contributed by atoms with van der Waals surface area (Å²) >= 11 is 4.74. The summed E-state index contributed by atoms with van der Waals surface area (Å²) in [6.45, 7) is 2.79. The maximum absolute atomic E-state index is 12.2. The highest BCUT2D eigenvalue weighted by Gasteiger charge is 2.10. The highest BCUT2D eigenvalue weighted by molar-refractivity contribution is 9.10. The number of halogens is 1. The molecule has 0 aliphatic heterocycles. The molecule has 2 N–H and O–H groups in total.